The van der Waals surface area contributed by atoms with Gasteiger partial charge in [0.2, 0.25) is 16.9 Å². The molecule has 4 rings (SSSR count). The molecule has 0 saturated heterocycles. The van der Waals surface area contributed by atoms with Gasteiger partial charge in [0.25, 0.3) is 0 Å². The third-order valence-corrected chi connectivity index (χ3v) is 5.10. The summed E-state index contributed by atoms with van der Waals surface area (Å²) in [7, 11) is 1.68. The van der Waals surface area contributed by atoms with Gasteiger partial charge in [-0.1, -0.05) is 24.3 Å². The molecular weight excluding hydrogens is 338 g/mol. The first kappa shape index (κ1) is 16.2. The molecule has 0 radical (unpaired) electrons. The maximum atomic E-state index is 5.73. The minimum Gasteiger partial charge on any atom is -0.423 e. The summed E-state index contributed by atoms with van der Waals surface area (Å²) >= 11 is 1.41. The Balaban J connectivity index is 1.68. The molecule has 1 aromatic carbocycles. The van der Waals surface area contributed by atoms with E-state index in [1.807, 2.05) is 6.92 Å². The number of hydrogen-bond acceptors (Lipinski definition) is 8. The number of anilines is 1. The number of benzene rings is 1. The van der Waals surface area contributed by atoms with Crippen LogP contribution in [0, 0.1) is 6.92 Å². The first-order valence-corrected chi connectivity index (χ1v) is 8.97. The fourth-order valence-electron chi connectivity index (χ4n) is 3.05. The Bertz CT molecular complexity index is 862. The summed E-state index contributed by atoms with van der Waals surface area (Å²) in [6.45, 7) is 3.18. The van der Waals surface area contributed by atoms with Gasteiger partial charge in [-0.05, 0) is 11.1 Å². The van der Waals surface area contributed by atoms with Gasteiger partial charge in [-0.3, -0.25) is 0 Å². The first-order chi connectivity index (χ1) is 12.2. The molecule has 3 aromatic rings. The van der Waals surface area contributed by atoms with Crippen molar-refractivity contribution < 1.29 is 9.15 Å². The lowest BCUT2D eigenvalue weighted by Crippen LogP contribution is -2.34. The van der Waals surface area contributed by atoms with Crippen molar-refractivity contribution in [3.05, 3.63) is 53.0 Å². The van der Waals surface area contributed by atoms with E-state index in [9.17, 15) is 0 Å². The molecule has 1 unspecified atom stereocenters. The Kier molecular flexibility index (Phi) is 4.46. The fourth-order valence-corrected chi connectivity index (χ4v) is 3.81. The monoisotopic (exact) mass is 357 g/mol. The normalized spacial score (nSPS) is 16.9. The summed E-state index contributed by atoms with van der Waals surface area (Å²) in [5, 5.41) is 9.13. The van der Waals surface area contributed by atoms with Crippen molar-refractivity contribution in [3.63, 3.8) is 0 Å². The Morgan fingerprint density at radius 2 is 2.12 bits per heavy atom. The van der Waals surface area contributed by atoms with E-state index in [2.05, 4.69) is 43.7 Å². The average molecular weight is 357 g/mol. The Morgan fingerprint density at radius 1 is 1.28 bits per heavy atom. The number of rotatable bonds is 5. The average Bonchev–Trinajstić information content (AvgIpc) is 3.28. The van der Waals surface area contributed by atoms with Crippen molar-refractivity contribution in [2.45, 2.75) is 32.4 Å². The van der Waals surface area contributed by atoms with Crippen LogP contribution < -0.4 is 4.90 Å². The van der Waals surface area contributed by atoms with Crippen molar-refractivity contribution in [2.75, 3.05) is 18.6 Å². The van der Waals surface area contributed by atoms with Crippen LogP contribution in [-0.4, -0.2) is 33.3 Å². The quantitative estimate of drug-likeness (QED) is 0.695. The molecule has 1 atom stereocenters. The lowest BCUT2D eigenvalue weighted by Gasteiger charge is -2.34. The number of aromatic nitrogens is 4. The molecule has 130 valence electrons. The minimum atomic E-state index is -0.0284. The maximum Gasteiger partial charge on any atom is 0.239 e. The summed E-state index contributed by atoms with van der Waals surface area (Å²) in [6, 6.07) is 8.42. The second-order valence-corrected chi connectivity index (χ2v) is 6.74. The molecule has 0 amide bonds. The van der Waals surface area contributed by atoms with E-state index < -0.39 is 0 Å². The van der Waals surface area contributed by atoms with Gasteiger partial charge in [-0.15, -0.1) is 10.2 Å². The van der Waals surface area contributed by atoms with Crippen LogP contribution in [0.2, 0.25) is 0 Å². The third-order valence-electron chi connectivity index (χ3n) is 4.31. The van der Waals surface area contributed by atoms with Crippen molar-refractivity contribution in [3.8, 4) is 0 Å². The van der Waals surface area contributed by atoms with Crippen molar-refractivity contribution >= 4 is 16.7 Å². The van der Waals surface area contributed by atoms with Gasteiger partial charge in [-0.2, -0.15) is 4.37 Å². The summed E-state index contributed by atoms with van der Waals surface area (Å²) < 4.78 is 15.3. The van der Waals surface area contributed by atoms with E-state index in [0.29, 0.717) is 24.8 Å². The van der Waals surface area contributed by atoms with Gasteiger partial charge in [0.05, 0.1) is 6.61 Å². The Labute approximate surface area is 149 Å². The first-order valence-electron chi connectivity index (χ1n) is 8.19. The highest BCUT2D eigenvalue weighted by Crippen LogP contribution is 2.37. The van der Waals surface area contributed by atoms with Crippen LogP contribution in [0.3, 0.4) is 0 Å². The lowest BCUT2D eigenvalue weighted by atomic mass is 9.94. The second-order valence-electron chi connectivity index (χ2n) is 6.01. The molecule has 0 bridgehead atoms. The molecule has 2 aromatic heterocycles. The van der Waals surface area contributed by atoms with E-state index in [1.54, 1.807) is 7.11 Å². The van der Waals surface area contributed by atoms with Gasteiger partial charge in [0.15, 0.2) is 0 Å². The molecule has 0 saturated carbocycles. The highest BCUT2D eigenvalue weighted by Gasteiger charge is 2.33. The van der Waals surface area contributed by atoms with Crippen LogP contribution in [0.25, 0.3) is 0 Å². The molecule has 3 heterocycles. The predicted octanol–water partition coefficient (Wildman–Crippen LogP) is 2.72. The van der Waals surface area contributed by atoms with E-state index in [1.165, 1.54) is 22.7 Å². The van der Waals surface area contributed by atoms with Gasteiger partial charge >= 0.3 is 0 Å². The van der Waals surface area contributed by atoms with E-state index in [-0.39, 0.29) is 6.04 Å². The molecule has 0 spiro atoms. The summed E-state index contributed by atoms with van der Waals surface area (Å²) in [4.78, 5) is 6.90. The summed E-state index contributed by atoms with van der Waals surface area (Å²) in [5.41, 5.74) is 2.60. The second kappa shape index (κ2) is 6.89. The standard InChI is InChI=1S/C17H19N5O2S/c1-11-19-20-16(24-11)14-9-12-5-3-4-6-13(12)10-22(14)17-18-15(21-25-17)7-8-23-2/h3-6,14H,7-10H2,1-2H3. The zero-order valence-electron chi connectivity index (χ0n) is 14.2. The molecule has 25 heavy (non-hydrogen) atoms. The Hall–Kier alpha value is -2.32. The molecule has 1 aliphatic rings. The molecule has 0 aliphatic carbocycles. The molecule has 8 heteroatoms. The number of hydrogen-bond donors (Lipinski definition) is 0. The number of ether oxygens (including phenoxy) is 1. The molecule has 1 aliphatic heterocycles. The van der Waals surface area contributed by atoms with Crippen LogP contribution in [0.1, 0.15) is 34.8 Å². The summed E-state index contributed by atoms with van der Waals surface area (Å²) in [5.74, 6) is 2.01. The van der Waals surface area contributed by atoms with Crippen molar-refractivity contribution in [2.24, 2.45) is 0 Å². The molecular formula is C17H19N5O2S. The van der Waals surface area contributed by atoms with Gasteiger partial charge < -0.3 is 14.1 Å². The highest BCUT2D eigenvalue weighted by molar-refractivity contribution is 7.09. The van der Waals surface area contributed by atoms with Crippen LogP contribution in [0.15, 0.2) is 28.7 Å². The Morgan fingerprint density at radius 3 is 2.88 bits per heavy atom. The zero-order valence-corrected chi connectivity index (χ0v) is 15.0. The van der Waals surface area contributed by atoms with Crippen molar-refractivity contribution in [1.29, 1.82) is 0 Å². The molecule has 7 nitrogen and oxygen atoms in total. The lowest BCUT2D eigenvalue weighted by molar-refractivity contribution is 0.201. The van der Waals surface area contributed by atoms with Crippen LogP contribution in [-0.2, 0) is 24.1 Å². The zero-order chi connectivity index (χ0) is 17.2. The van der Waals surface area contributed by atoms with Crippen molar-refractivity contribution in [1.82, 2.24) is 19.6 Å². The van der Waals surface area contributed by atoms with Gasteiger partial charge in [-0.25, -0.2) is 4.98 Å². The minimum absolute atomic E-state index is 0.0284. The molecule has 0 N–H and O–H groups in total. The topological polar surface area (TPSA) is 77.2 Å². The van der Waals surface area contributed by atoms with E-state index >= 15 is 0 Å². The van der Waals surface area contributed by atoms with Crippen LogP contribution in [0.4, 0.5) is 5.13 Å². The number of aryl methyl sites for hydroxylation is 1. The van der Waals surface area contributed by atoms with Crippen LogP contribution in [0.5, 0.6) is 0 Å². The largest absolute Gasteiger partial charge is 0.423 e. The third kappa shape index (κ3) is 3.27. The predicted molar refractivity (Wildman–Crippen MR) is 93.6 cm³/mol. The highest BCUT2D eigenvalue weighted by atomic mass is 32.1. The number of fused-ring (bicyclic) bond motifs is 1. The maximum absolute atomic E-state index is 5.73. The number of nitrogens with zero attached hydrogens (tertiary/aromatic N) is 5. The smallest absolute Gasteiger partial charge is 0.239 e. The SMILES string of the molecule is COCCc1nsc(N2Cc3ccccc3CC2c2nnc(C)o2)n1. The summed E-state index contributed by atoms with van der Waals surface area (Å²) in [6.07, 6.45) is 1.52. The number of methoxy groups -OCH3 is 1. The fraction of sp³-hybridized carbons (Fsp3) is 0.412. The van der Waals surface area contributed by atoms with Gasteiger partial charge in [0.1, 0.15) is 11.9 Å². The van der Waals surface area contributed by atoms with E-state index in [4.69, 9.17) is 14.1 Å². The molecule has 0 fully saturated rings. The van der Waals surface area contributed by atoms with Crippen LogP contribution >= 0.6 is 11.5 Å². The van der Waals surface area contributed by atoms with Gasteiger partial charge in [0, 0.05) is 45.0 Å². The van der Waals surface area contributed by atoms with E-state index in [0.717, 1.165) is 23.9 Å².